The van der Waals surface area contributed by atoms with E-state index in [0.29, 0.717) is 29.6 Å². The van der Waals surface area contributed by atoms with Gasteiger partial charge in [0, 0.05) is 36.3 Å². The first-order valence-electron chi connectivity index (χ1n) is 10.6. The van der Waals surface area contributed by atoms with Crippen LogP contribution in [0, 0.1) is 0 Å². The highest BCUT2D eigenvalue weighted by atomic mass is 19.4. The predicted octanol–water partition coefficient (Wildman–Crippen LogP) is 5.99. The maximum absolute atomic E-state index is 12.7. The lowest BCUT2D eigenvalue weighted by atomic mass is 9.89. The Morgan fingerprint density at radius 3 is 2.58 bits per heavy atom. The van der Waals surface area contributed by atoms with E-state index in [1.165, 1.54) is 38.2 Å². The second-order valence-corrected chi connectivity index (χ2v) is 8.04. The molecular weight excluding hydrogens is 407 g/mol. The first-order chi connectivity index (χ1) is 14.9. The van der Waals surface area contributed by atoms with E-state index in [9.17, 15) is 13.2 Å². The molecule has 0 spiro atoms. The molecule has 166 valence electrons. The number of methoxy groups -OCH3 is 1. The highest BCUT2D eigenvalue weighted by Gasteiger charge is 2.30. The van der Waals surface area contributed by atoms with E-state index >= 15 is 0 Å². The normalized spacial score (nSPS) is 20.2. The number of hydrogen-bond donors (Lipinski definition) is 1. The zero-order valence-electron chi connectivity index (χ0n) is 17.4. The first-order valence-corrected chi connectivity index (χ1v) is 10.6. The van der Waals surface area contributed by atoms with E-state index in [2.05, 4.69) is 15.0 Å². The first kappa shape index (κ1) is 21.5. The highest BCUT2D eigenvalue weighted by Crippen LogP contribution is 2.35. The minimum Gasteiger partial charge on any atom is -0.497 e. The Bertz CT molecular complexity index is 942. The van der Waals surface area contributed by atoms with Crippen molar-refractivity contribution >= 4 is 0 Å². The summed E-state index contributed by atoms with van der Waals surface area (Å²) in [6, 6.07) is 2.33. The molecule has 1 saturated carbocycles. The second-order valence-electron chi connectivity index (χ2n) is 8.04. The molecule has 2 aromatic heterocycles. The van der Waals surface area contributed by atoms with Gasteiger partial charge in [-0.3, -0.25) is 4.98 Å². The number of aromatic nitrogens is 3. The molecule has 0 saturated heterocycles. The standard InChI is InChI=1S/C23H26F3N3O2/c1-30-21-11-16(19-13-28-22(29-19)15-5-3-2-4-6-15)7-10-20(21)31-14-18-9-8-17(12-27-18)23(24,25)26/h7-10,12-13,15-16H,2-6,11,14H2,1H3,(H,28,29). The Labute approximate surface area is 179 Å². The fraction of sp³-hybridized carbons (Fsp3) is 0.478. The molecule has 2 aliphatic carbocycles. The number of ether oxygens (including phenoxy) is 2. The molecule has 2 aliphatic rings. The monoisotopic (exact) mass is 433 g/mol. The van der Waals surface area contributed by atoms with Gasteiger partial charge in [0.05, 0.1) is 18.4 Å². The molecule has 0 radical (unpaired) electrons. The van der Waals surface area contributed by atoms with Crippen molar-refractivity contribution in [3.63, 3.8) is 0 Å². The van der Waals surface area contributed by atoms with E-state index < -0.39 is 11.7 Å². The molecule has 0 bridgehead atoms. The topological polar surface area (TPSA) is 60.0 Å². The van der Waals surface area contributed by atoms with Gasteiger partial charge in [-0.2, -0.15) is 13.2 Å². The second kappa shape index (κ2) is 9.16. The zero-order valence-corrected chi connectivity index (χ0v) is 17.4. The van der Waals surface area contributed by atoms with Crippen LogP contribution in [0.25, 0.3) is 0 Å². The number of H-pyrrole nitrogens is 1. The summed E-state index contributed by atoms with van der Waals surface area (Å²) in [5.41, 5.74) is 0.688. The van der Waals surface area contributed by atoms with Gasteiger partial charge < -0.3 is 14.5 Å². The third-order valence-electron chi connectivity index (χ3n) is 5.94. The van der Waals surface area contributed by atoms with Crippen LogP contribution in [-0.2, 0) is 22.3 Å². The van der Waals surface area contributed by atoms with Crippen molar-refractivity contribution < 1.29 is 22.6 Å². The van der Waals surface area contributed by atoms with Gasteiger partial charge in [0.1, 0.15) is 18.2 Å². The van der Waals surface area contributed by atoms with Crippen LogP contribution in [0.3, 0.4) is 0 Å². The van der Waals surface area contributed by atoms with Gasteiger partial charge >= 0.3 is 6.18 Å². The molecule has 5 nitrogen and oxygen atoms in total. The average Bonchev–Trinajstić information content (AvgIpc) is 3.28. The summed E-state index contributed by atoms with van der Waals surface area (Å²) in [5.74, 6) is 2.95. The summed E-state index contributed by atoms with van der Waals surface area (Å²) >= 11 is 0. The van der Waals surface area contributed by atoms with Crippen molar-refractivity contribution in [2.24, 2.45) is 0 Å². The van der Waals surface area contributed by atoms with Crippen LogP contribution in [0.5, 0.6) is 0 Å². The molecule has 1 unspecified atom stereocenters. The van der Waals surface area contributed by atoms with Crippen molar-refractivity contribution in [2.75, 3.05) is 7.11 Å². The lowest BCUT2D eigenvalue weighted by Crippen LogP contribution is -2.10. The third-order valence-corrected chi connectivity index (χ3v) is 5.94. The molecule has 31 heavy (non-hydrogen) atoms. The van der Waals surface area contributed by atoms with E-state index in [-0.39, 0.29) is 12.5 Å². The van der Waals surface area contributed by atoms with Crippen LogP contribution in [0.15, 0.2) is 48.2 Å². The molecule has 0 aliphatic heterocycles. The number of imidazole rings is 1. The fourth-order valence-corrected chi connectivity index (χ4v) is 4.14. The van der Waals surface area contributed by atoms with Crippen molar-refractivity contribution in [3.8, 4) is 0 Å². The summed E-state index contributed by atoms with van der Waals surface area (Å²) in [7, 11) is 1.59. The summed E-state index contributed by atoms with van der Waals surface area (Å²) in [4.78, 5) is 12.0. The highest BCUT2D eigenvalue weighted by molar-refractivity contribution is 5.30. The average molecular weight is 433 g/mol. The van der Waals surface area contributed by atoms with Crippen molar-refractivity contribution in [2.45, 2.75) is 63.1 Å². The number of allylic oxidation sites excluding steroid dienone is 3. The molecule has 2 aromatic rings. The van der Waals surface area contributed by atoms with Gasteiger partial charge in [0.25, 0.3) is 0 Å². The van der Waals surface area contributed by atoms with Crippen molar-refractivity contribution in [1.29, 1.82) is 0 Å². The molecule has 1 atom stereocenters. The molecule has 0 aromatic carbocycles. The van der Waals surface area contributed by atoms with Gasteiger partial charge in [-0.05, 0) is 31.1 Å². The molecule has 2 heterocycles. The van der Waals surface area contributed by atoms with E-state index in [1.54, 1.807) is 7.11 Å². The maximum Gasteiger partial charge on any atom is 0.417 e. The summed E-state index contributed by atoms with van der Waals surface area (Å²) < 4.78 is 49.3. The van der Waals surface area contributed by atoms with E-state index in [4.69, 9.17) is 9.47 Å². The lowest BCUT2D eigenvalue weighted by molar-refractivity contribution is -0.137. The molecule has 8 heteroatoms. The van der Waals surface area contributed by atoms with Gasteiger partial charge in [-0.1, -0.05) is 25.3 Å². The van der Waals surface area contributed by atoms with Crippen LogP contribution < -0.4 is 0 Å². The Balaban J connectivity index is 1.38. The van der Waals surface area contributed by atoms with Crippen LogP contribution in [-0.4, -0.2) is 22.1 Å². The predicted molar refractivity (Wildman–Crippen MR) is 109 cm³/mol. The number of aromatic amines is 1. The van der Waals surface area contributed by atoms with Crippen LogP contribution in [0.2, 0.25) is 0 Å². The minimum absolute atomic E-state index is 0.0607. The Kier molecular flexibility index (Phi) is 6.34. The number of halogens is 3. The van der Waals surface area contributed by atoms with Gasteiger partial charge in [-0.25, -0.2) is 4.98 Å². The summed E-state index contributed by atoms with van der Waals surface area (Å²) in [6.07, 6.45) is 9.03. The molecule has 0 amide bonds. The number of alkyl halides is 3. The molecule has 1 fully saturated rings. The third kappa shape index (κ3) is 5.11. The fourth-order valence-electron chi connectivity index (χ4n) is 4.14. The largest absolute Gasteiger partial charge is 0.497 e. The Morgan fingerprint density at radius 2 is 1.90 bits per heavy atom. The Morgan fingerprint density at radius 1 is 1.10 bits per heavy atom. The lowest BCUT2D eigenvalue weighted by Gasteiger charge is -2.22. The van der Waals surface area contributed by atoms with Crippen molar-refractivity contribution in [3.05, 3.63) is 71.0 Å². The van der Waals surface area contributed by atoms with Crippen molar-refractivity contribution in [1.82, 2.24) is 15.0 Å². The maximum atomic E-state index is 12.7. The number of nitrogens with zero attached hydrogens (tertiary/aromatic N) is 2. The quantitative estimate of drug-likeness (QED) is 0.608. The zero-order chi connectivity index (χ0) is 21.8. The number of nitrogens with one attached hydrogen (secondary N) is 1. The number of hydrogen-bond acceptors (Lipinski definition) is 4. The van der Waals surface area contributed by atoms with E-state index in [0.717, 1.165) is 23.8 Å². The summed E-state index contributed by atoms with van der Waals surface area (Å²) in [6.45, 7) is 0.0607. The number of rotatable bonds is 6. The molecule has 1 N–H and O–H groups in total. The smallest absolute Gasteiger partial charge is 0.417 e. The van der Waals surface area contributed by atoms with Gasteiger partial charge in [0.15, 0.2) is 5.76 Å². The van der Waals surface area contributed by atoms with Crippen LogP contribution in [0.1, 0.15) is 73.1 Å². The molecular formula is C23H26F3N3O2. The Hall–Kier alpha value is -2.77. The minimum atomic E-state index is -4.40. The van der Waals surface area contributed by atoms with Crippen LogP contribution >= 0.6 is 0 Å². The molecule has 4 rings (SSSR count). The van der Waals surface area contributed by atoms with E-state index in [1.807, 2.05) is 18.3 Å². The van der Waals surface area contributed by atoms with Gasteiger partial charge in [-0.15, -0.1) is 0 Å². The van der Waals surface area contributed by atoms with Gasteiger partial charge in [0.2, 0.25) is 0 Å². The number of pyridine rings is 1. The van der Waals surface area contributed by atoms with Crippen LogP contribution in [0.4, 0.5) is 13.2 Å². The SMILES string of the molecule is COC1=C(OCc2ccc(C(F)(F)F)cn2)C=CC(c2cnc(C3CCCCC3)[nH]2)C1. The summed E-state index contributed by atoms with van der Waals surface area (Å²) in [5, 5.41) is 0.